The summed E-state index contributed by atoms with van der Waals surface area (Å²) < 4.78 is 5.58. The van der Waals surface area contributed by atoms with Crippen LogP contribution < -0.4 is 10.5 Å². The van der Waals surface area contributed by atoms with E-state index in [0.717, 1.165) is 11.5 Å². The van der Waals surface area contributed by atoms with Crippen molar-refractivity contribution in [2.45, 2.75) is 0 Å². The molecule has 2 rings (SSSR count). The van der Waals surface area contributed by atoms with Crippen LogP contribution in [-0.4, -0.2) is 0 Å². The third-order valence-corrected chi connectivity index (χ3v) is 2.16. The number of hydrogen-bond acceptors (Lipinski definition) is 2. The van der Waals surface area contributed by atoms with E-state index in [0.29, 0.717) is 10.7 Å². The van der Waals surface area contributed by atoms with Crippen molar-refractivity contribution >= 4 is 17.3 Å². The fourth-order valence-corrected chi connectivity index (χ4v) is 1.34. The van der Waals surface area contributed by atoms with Gasteiger partial charge >= 0.3 is 0 Å². The van der Waals surface area contributed by atoms with Crippen molar-refractivity contribution in [3.05, 3.63) is 53.6 Å². The van der Waals surface area contributed by atoms with Crippen molar-refractivity contribution in [3.8, 4) is 11.5 Å². The normalized spacial score (nSPS) is 9.93. The second kappa shape index (κ2) is 4.24. The Morgan fingerprint density at radius 2 is 1.67 bits per heavy atom. The lowest BCUT2D eigenvalue weighted by atomic mass is 10.3. The SMILES string of the molecule is Nc1cccc(Oc2ccc(Cl)cc2)c1. The highest BCUT2D eigenvalue weighted by atomic mass is 35.5. The first-order chi connectivity index (χ1) is 7.24. The van der Waals surface area contributed by atoms with E-state index in [4.69, 9.17) is 22.1 Å². The number of rotatable bonds is 2. The first kappa shape index (κ1) is 9.87. The van der Waals surface area contributed by atoms with Gasteiger partial charge in [0.1, 0.15) is 11.5 Å². The molecule has 0 radical (unpaired) electrons. The predicted molar refractivity (Wildman–Crippen MR) is 62.4 cm³/mol. The number of nitrogen functional groups attached to an aromatic ring is 1. The van der Waals surface area contributed by atoms with E-state index in [2.05, 4.69) is 0 Å². The summed E-state index contributed by atoms with van der Waals surface area (Å²) in [7, 11) is 0. The number of halogens is 1. The second-order valence-electron chi connectivity index (χ2n) is 3.13. The summed E-state index contributed by atoms with van der Waals surface area (Å²) in [4.78, 5) is 0. The van der Waals surface area contributed by atoms with Crippen molar-refractivity contribution in [1.82, 2.24) is 0 Å². The molecule has 0 aliphatic heterocycles. The highest BCUT2D eigenvalue weighted by molar-refractivity contribution is 6.30. The van der Waals surface area contributed by atoms with E-state index in [-0.39, 0.29) is 0 Å². The van der Waals surface area contributed by atoms with Crippen LogP contribution in [0.25, 0.3) is 0 Å². The number of ether oxygens (including phenoxy) is 1. The fourth-order valence-electron chi connectivity index (χ4n) is 1.22. The first-order valence-electron chi connectivity index (χ1n) is 4.53. The highest BCUT2D eigenvalue weighted by Crippen LogP contribution is 2.24. The van der Waals surface area contributed by atoms with Gasteiger partial charge in [-0.05, 0) is 36.4 Å². The van der Waals surface area contributed by atoms with Gasteiger partial charge in [0.15, 0.2) is 0 Å². The summed E-state index contributed by atoms with van der Waals surface area (Å²) in [6.45, 7) is 0. The van der Waals surface area contributed by atoms with Gasteiger partial charge in [0.05, 0.1) is 0 Å². The lowest BCUT2D eigenvalue weighted by Gasteiger charge is -2.05. The van der Waals surface area contributed by atoms with Crippen LogP contribution in [-0.2, 0) is 0 Å². The van der Waals surface area contributed by atoms with Crippen molar-refractivity contribution in [2.75, 3.05) is 5.73 Å². The van der Waals surface area contributed by atoms with Gasteiger partial charge in [0.2, 0.25) is 0 Å². The zero-order chi connectivity index (χ0) is 10.7. The molecule has 0 fully saturated rings. The van der Waals surface area contributed by atoms with Crippen LogP contribution >= 0.6 is 11.6 Å². The molecule has 0 bridgehead atoms. The summed E-state index contributed by atoms with van der Waals surface area (Å²) in [5, 5.41) is 0.690. The zero-order valence-electron chi connectivity index (χ0n) is 7.98. The molecule has 0 saturated heterocycles. The number of nitrogens with two attached hydrogens (primary N) is 1. The summed E-state index contributed by atoms with van der Waals surface area (Å²) in [6.07, 6.45) is 0. The molecule has 76 valence electrons. The van der Waals surface area contributed by atoms with Gasteiger partial charge in [-0.2, -0.15) is 0 Å². The molecule has 0 aliphatic carbocycles. The maximum absolute atomic E-state index is 5.76. The van der Waals surface area contributed by atoms with Gasteiger partial charge in [-0.3, -0.25) is 0 Å². The maximum atomic E-state index is 5.76. The Hall–Kier alpha value is -1.67. The predicted octanol–water partition coefficient (Wildman–Crippen LogP) is 3.71. The zero-order valence-corrected chi connectivity index (χ0v) is 8.74. The quantitative estimate of drug-likeness (QED) is 0.782. The molecule has 0 aromatic heterocycles. The topological polar surface area (TPSA) is 35.2 Å². The number of anilines is 1. The minimum atomic E-state index is 0.682. The van der Waals surface area contributed by atoms with Crippen molar-refractivity contribution in [3.63, 3.8) is 0 Å². The number of hydrogen-bond donors (Lipinski definition) is 1. The van der Waals surface area contributed by atoms with Gasteiger partial charge in [-0.15, -0.1) is 0 Å². The monoisotopic (exact) mass is 219 g/mol. The van der Waals surface area contributed by atoms with Gasteiger partial charge in [-0.1, -0.05) is 17.7 Å². The molecule has 2 nitrogen and oxygen atoms in total. The average Bonchev–Trinajstić information content (AvgIpc) is 2.22. The van der Waals surface area contributed by atoms with Crippen LogP contribution in [0.1, 0.15) is 0 Å². The second-order valence-corrected chi connectivity index (χ2v) is 3.56. The van der Waals surface area contributed by atoms with E-state index in [1.807, 2.05) is 30.3 Å². The van der Waals surface area contributed by atoms with Crippen molar-refractivity contribution in [1.29, 1.82) is 0 Å². The Kier molecular flexibility index (Phi) is 2.79. The van der Waals surface area contributed by atoms with Crippen LogP contribution in [0.3, 0.4) is 0 Å². The molecule has 2 aromatic rings. The third-order valence-electron chi connectivity index (χ3n) is 1.91. The van der Waals surface area contributed by atoms with E-state index in [1.165, 1.54) is 0 Å². The Labute approximate surface area is 93.2 Å². The minimum Gasteiger partial charge on any atom is -0.457 e. The molecule has 0 saturated carbocycles. The average molecular weight is 220 g/mol. The molecule has 0 amide bonds. The van der Waals surface area contributed by atoms with Gasteiger partial charge < -0.3 is 10.5 Å². The largest absolute Gasteiger partial charge is 0.457 e. The summed E-state index contributed by atoms with van der Waals surface area (Å²) in [5.41, 5.74) is 6.32. The van der Waals surface area contributed by atoms with Gasteiger partial charge in [0.25, 0.3) is 0 Å². The van der Waals surface area contributed by atoms with Crippen molar-refractivity contribution in [2.24, 2.45) is 0 Å². The Morgan fingerprint density at radius 3 is 2.33 bits per heavy atom. The van der Waals surface area contributed by atoms with E-state index >= 15 is 0 Å². The first-order valence-corrected chi connectivity index (χ1v) is 4.91. The van der Waals surface area contributed by atoms with E-state index in [1.54, 1.807) is 18.2 Å². The minimum absolute atomic E-state index is 0.682. The molecule has 15 heavy (non-hydrogen) atoms. The van der Waals surface area contributed by atoms with Crippen LogP contribution in [0.5, 0.6) is 11.5 Å². The lowest BCUT2D eigenvalue weighted by Crippen LogP contribution is -1.87. The Balaban J connectivity index is 2.18. The molecule has 0 unspecified atom stereocenters. The molecule has 0 atom stereocenters. The summed E-state index contributed by atoms with van der Waals surface area (Å²) in [5.74, 6) is 1.46. The molecular formula is C12H10ClNO. The fraction of sp³-hybridized carbons (Fsp3) is 0. The van der Waals surface area contributed by atoms with Crippen molar-refractivity contribution < 1.29 is 4.74 Å². The molecule has 2 aromatic carbocycles. The standard InChI is InChI=1S/C12H10ClNO/c13-9-4-6-11(7-5-9)15-12-3-1-2-10(14)8-12/h1-8H,14H2. The lowest BCUT2D eigenvalue weighted by molar-refractivity contribution is 0.483. The maximum Gasteiger partial charge on any atom is 0.129 e. The Morgan fingerprint density at radius 1 is 0.933 bits per heavy atom. The molecular weight excluding hydrogens is 210 g/mol. The number of benzene rings is 2. The molecule has 0 aliphatic rings. The summed E-state index contributed by atoms with van der Waals surface area (Å²) in [6, 6.07) is 14.5. The van der Waals surface area contributed by atoms with Crippen LogP contribution in [0.4, 0.5) is 5.69 Å². The smallest absolute Gasteiger partial charge is 0.129 e. The molecule has 0 spiro atoms. The van der Waals surface area contributed by atoms with Gasteiger partial charge in [-0.25, -0.2) is 0 Å². The van der Waals surface area contributed by atoms with Crippen LogP contribution in [0.15, 0.2) is 48.5 Å². The van der Waals surface area contributed by atoms with Crippen LogP contribution in [0.2, 0.25) is 5.02 Å². The van der Waals surface area contributed by atoms with E-state index in [9.17, 15) is 0 Å². The molecule has 3 heteroatoms. The van der Waals surface area contributed by atoms with Gasteiger partial charge in [0, 0.05) is 16.8 Å². The molecule has 0 heterocycles. The van der Waals surface area contributed by atoms with Crippen LogP contribution in [0, 0.1) is 0 Å². The molecule has 2 N–H and O–H groups in total. The third kappa shape index (κ3) is 2.64. The highest BCUT2D eigenvalue weighted by Gasteiger charge is 1.97. The summed E-state index contributed by atoms with van der Waals surface area (Å²) >= 11 is 5.76. The van der Waals surface area contributed by atoms with E-state index < -0.39 is 0 Å². The Bertz CT molecular complexity index is 453.